The second-order valence-electron chi connectivity index (χ2n) is 6.15. The summed E-state index contributed by atoms with van der Waals surface area (Å²) in [4.78, 5) is 17.4. The van der Waals surface area contributed by atoms with E-state index < -0.39 is 0 Å². The Balaban J connectivity index is 1.79. The first kappa shape index (κ1) is 21.1. The molecule has 0 fully saturated rings. The number of rotatable bonds is 7. The third-order valence-electron chi connectivity index (χ3n) is 4.37. The Morgan fingerprint density at radius 1 is 1.14 bits per heavy atom. The number of aromatic nitrogens is 1. The molecule has 1 heterocycles. The number of nitrogens with one attached hydrogen (secondary N) is 1. The summed E-state index contributed by atoms with van der Waals surface area (Å²) in [6.07, 6.45) is 0. The van der Waals surface area contributed by atoms with Gasteiger partial charge in [-0.15, -0.1) is 11.3 Å². The van der Waals surface area contributed by atoms with Crippen LogP contribution in [0.25, 0.3) is 10.6 Å². The molecule has 29 heavy (non-hydrogen) atoms. The van der Waals surface area contributed by atoms with E-state index in [0.29, 0.717) is 33.8 Å². The first-order chi connectivity index (χ1) is 14.0. The van der Waals surface area contributed by atoms with Crippen LogP contribution >= 0.6 is 27.3 Å². The molecule has 0 unspecified atom stereocenters. The maximum Gasteiger partial charge on any atom is 0.253 e. The van der Waals surface area contributed by atoms with Gasteiger partial charge in [0.2, 0.25) is 5.75 Å². The number of hydrogen-bond donors (Lipinski definition) is 1. The monoisotopic (exact) mass is 476 g/mol. The molecule has 1 aromatic heterocycles. The van der Waals surface area contributed by atoms with Crippen molar-refractivity contribution in [2.75, 3.05) is 21.3 Å². The van der Waals surface area contributed by atoms with Crippen molar-refractivity contribution >= 4 is 33.2 Å². The Kier molecular flexibility index (Phi) is 6.76. The molecule has 6 nitrogen and oxygen atoms in total. The van der Waals surface area contributed by atoms with Crippen molar-refractivity contribution in [3.63, 3.8) is 0 Å². The van der Waals surface area contributed by atoms with Gasteiger partial charge in [0.15, 0.2) is 11.5 Å². The third kappa shape index (κ3) is 4.38. The van der Waals surface area contributed by atoms with E-state index in [1.165, 1.54) is 26.9 Å². The van der Waals surface area contributed by atoms with Crippen molar-refractivity contribution in [2.24, 2.45) is 0 Å². The Labute approximate surface area is 182 Å². The molecular weight excluding hydrogens is 456 g/mol. The normalized spacial score (nSPS) is 10.5. The predicted molar refractivity (Wildman–Crippen MR) is 117 cm³/mol. The number of hydrogen-bond acceptors (Lipinski definition) is 6. The van der Waals surface area contributed by atoms with Crippen molar-refractivity contribution in [3.8, 4) is 27.8 Å². The average molecular weight is 477 g/mol. The van der Waals surface area contributed by atoms with E-state index in [1.54, 1.807) is 17.4 Å². The lowest BCUT2D eigenvalue weighted by Gasteiger charge is -2.16. The number of nitrogens with zero attached hydrogens (tertiary/aromatic N) is 1. The highest BCUT2D eigenvalue weighted by molar-refractivity contribution is 9.10. The average Bonchev–Trinajstić information content (AvgIpc) is 3.20. The van der Waals surface area contributed by atoms with E-state index >= 15 is 0 Å². The van der Waals surface area contributed by atoms with Crippen LogP contribution in [-0.4, -0.2) is 32.2 Å². The van der Waals surface area contributed by atoms with E-state index in [0.717, 1.165) is 16.3 Å². The lowest BCUT2D eigenvalue weighted by Crippen LogP contribution is -2.23. The summed E-state index contributed by atoms with van der Waals surface area (Å²) in [5.74, 6) is 0.947. The molecule has 0 aliphatic carbocycles. The topological polar surface area (TPSA) is 69.7 Å². The molecule has 3 aromatic rings. The molecular formula is C21H21BrN2O4S. The second kappa shape index (κ2) is 9.28. The lowest BCUT2D eigenvalue weighted by molar-refractivity contribution is 0.0948. The van der Waals surface area contributed by atoms with Crippen LogP contribution in [0.15, 0.2) is 40.2 Å². The van der Waals surface area contributed by atoms with Crippen LogP contribution in [0.1, 0.15) is 21.6 Å². The molecule has 8 heteroatoms. The first-order valence-corrected chi connectivity index (χ1v) is 10.4. The van der Waals surface area contributed by atoms with Crippen LogP contribution in [0.3, 0.4) is 0 Å². The van der Waals surface area contributed by atoms with Gasteiger partial charge in [-0.3, -0.25) is 4.79 Å². The molecule has 0 aliphatic rings. The molecule has 0 atom stereocenters. The van der Waals surface area contributed by atoms with Crippen molar-refractivity contribution in [3.05, 3.63) is 57.0 Å². The minimum Gasteiger partial charge on any atom is -0.493 e. The molecule has 0 aliphatic heterocycles. The number of halogens is 1. The van der Waals surface area contributed by atoms with Crippen molar-refractivity contribution in [1.82, 2.24) is 10.3 Å². The Hall–Kier alpha value is -2.58. The highest BCUT2D eigenvalue weighted by Gasteiger charge is 2.23. The van der Waals surface area contributed by atoms with Gasteiger partial charge in [0.05, 0.1) is 43.6 Å². The molecule has 3 rings (SSSR count). The molecule has 1 N–H and O–H groups in total. The zero-order valence-corrected chi connectivity index (χ0v) is 18.9. The number of benzene rings is 2. The highest BCUT2D eigenvalue weighted by atomic mass is 79.9. The number of amides is 1. The van der Waals surface area contributed by atoms with Gasteiger partial charge in [-0.25, -0.2) is 4.98 Å². The lowest BCUT2D eigenvalue weighted by atomic mass is 10.1. The summed E-state index contributed by atoms with van der Waals surface area (Å²) < 4.78 is 16.6. The molecule has 152 valence electrons. The zero-order valence-electron chi connectivity index (χ0n) is 16.5. The summed E-state index contributed by atoms with van der Waals surface area (Å²) >= 11 is 4.99. The number of ether oxygens (including phenoxy) is 3. The minimum absolute atomic E-state index is 0.276. The number of carbonyl (C=O) groups excluding carboxylic acids is 1. The molecule has 0 bridgehead atoms. The quantitative estimate of drug-likeness (QED) is 0.528. The van der Waals surface area contributed by atoms with Gasteiger partial charge in [0.1, 0.15) is 5.01 Å². The number of methoxy groups -OCH3 is 3. The van der Waals surface area contributed by atoms with Crippen molar-refractivity contribution < 1.29 is 19.0 Å². The SMILES string of the molecule is COc1cc(C(=O)NCc2csc(-c3ccccc3C)n2)c(Br)c(OC)c1OC. The molecule has 1 amide bonds. The number of aryl methyl sites for hydroxylation is 1. The molecule has 0 saturated heterocycles. The van der Waals surface area contributed by atoms with Crippen LogP contribution in [0, 0.1) is 6.92 Å². The Bertz CT molecular complexity index is 1040. The van der Waals surface area contributed by atoms with Gasteiger partial charge in [0, 0.05) is 10.9 Å². The van der Waals surface area contributed by atoms with Crippen LogP contribution < -0.4 is 19.5 Å². The van der Waals surface area contributed by atoms with Crippen LogP contribution in [-0.2, 0) is 6.54 Å². The summed E-state index contributed by atoms with van der Waals surface area (Å²) in [5.41, 5.74) is 3.44. The highest BCUT2D eigenvalue weighted by Crippen LogP contribution is 2.44. The van der Waals surface area contributed by atoms with Gasteiger partial charge < -0.3 is 19.5 Å². The standard InChI is InChI=1S/C21H21BrN2O4S/c1-12-7-5-6-8-14(12)21-24-13(11-29-21)10-23-20(25)15-9-16(26-2)18(27-3)19(28-4)17(15)22/h5-9,11H,10H2,1-4H3,(H,23,25). The fourth-order valence-electron chi connectivity index (χ4n) is 2.88. The first-order valence-electron chi connectivity index (χ1n) is 8.77. The van der Waals surface area contributed by atoms with E-state index in [-0.39, 0.29) is 5.91 Å². The van der Waals surface area contributed by atoms with E-state index in [2.05, 4.69) is 39.2 Å². The van der Waals surface area contributed by atoms with Gasteiger partial charge in [-0.05, 0) is 34.5 Å². The molecule has 0 spiro atoms. The van der Waals surface area contributed by atoms with Crippen molar-refractivity contribution in [1.29, 1.82) is 0 Å². The number of carbonyl (C=O) groups is 1. The van der Waals surface area contributed by atoms with E-state index in [4.69, 9.17) is 14.2 Å². The Morgan fingerprint density at radius 2 is 1.86 bits per heavy atom. The molecule has 2 aromatic carbocycles. The second-order valence-corrected chi connectivity index (χ2v) is 7.80. The fourth-order valence-corrected chi connectivity index (χ4v) is 4.42. The van der Waals surface area contributed by atoms with E-state index in [1.807, 2.05) is 23.6 Å². The maximum absolute atomic E-state index is 12.8. The minimum atomic E-state index is -0.276. The fraction of sp³-hybridized carbons (Fsp3) is 0.238. The predicted octanol–water partition coefficient (Wildman–Crippen LogP) is 4.84. The van der Waals surface area contributed by atoms with Gasteiger partial charge in [-0.2, -0.15) is 0 Å². The summed E-state index contributed by atoms with van der Waals surface area (Å²) in [6.45, 7) is 2.37. The van der Waals surface area contributed by atoms with Crippen molar-refractivity contribution in [2.45, 2.75) is 13.5 Å². The number of thiazole rings is 1. The largest absolute Gasteiger partial charge is 0.493 e. The van der Waals surface area contributed by atoms with Gasteiger partial charge in [0.25, 0.3) is 5.91 Å². The van der Waals surface area contributed by atoms with Crippen LogP contribution in [0.2, 0.25) is 0 Å². The van der Waals surface area contributed by atoms with Gasteiger partial charge in [-0.1, -0.05) is 24.3 Å². The van der Waals surface area contributed by atoms with Crippen LogP contribution in [0.4, 0.5) is 0 Å². The summed E-state index contributed by atoms with van der Waals surface area (Å²) in [5, 5.41) is 5.78. The zero-order chi connectivity index (χ0) is 21.0. The smallest absolute Gasteiger partial charge is 0.253 e. The summed E-state index contributed by atoms with van der Waals surface area (Å²) in [7, 11) is 4.53. The van der Waals surface area contributed by atoms with Crippen LogP contribution in [0.5, 0.6) is 17.2 Å². The maximum atomic E-state index is 12.8. The Morgan fingerprint density at radius 3 is 2.52 bits per heavy atom. The molecule has 0 saturated carbocycles. The van der Waals surface area contributed by atoms with E-state index in [9.17, 15) is 4.79 Å². The molecule has 0 radical (unpaired) electrons. The van der Waals surface area contributed by atoms with Gasteiger partial charge >= 0.3 is 0 Å². The summed E-state index contributed by atoms with van der Waals surface area (Å²) in [6, 6.07) is 9.71. The third-order valence-corrected chi connectivity index (χ3v) is 6.08.